The van der Waals surface area contributed by atoms with Crippen molar-refractivity contribution in [3.63, 3.8) is 0 Å². The fourth-order valence-corrected chi connectivity index (χ4v) is 4.97. The molecule has 112 valence electrons. The minimum absolute atomic E-state index is 0.273. The van der Waals surface area contributed by atoms with Crippen molar-refractivity contribution in [3.05, 3.63) is 34.9 Å². The molecule has 1 N–H and O–H groups in total. The predicted molar refractivity (Wildman–Crippen MR) is 87.6 cm³/mol. The number of nitrogens with one attached hydrogen (secondary N) is 1. The maximum absolute atomic E-state index is 12.7. The van der Waals surface area contributed by atoms with Crippen LogP contribution >= 0.6 is 11.6 Å². The molecular weight excluding hydrogens is 290 g/mol. The van der Waals surface area contributed by atoms with Crippen LogP contribution in [0.15, 0.2) is 24.3 Å². The number of hydrogen-bond donors (Lipinski definition) is 1. The van der Waals surface area contributed by atoms with Gasteiger partial charge in [0.1, 0.15) is 0 Å². The van der Waals surface area contributed by atoms with Gasteiger partial charge in [-0.25, -0.2) is 0 Å². The minimum atomic E-state index is -0.822. The molecule has 4 atom stereocenters. The van der Waals surface area contributed by atoms with Crippen molar-refractivity contribution in [3.8, 4) is 0 Å². The van der Waals surface area contributed by atoms with E-state index in [1.165, 1.54) is 6.42 Å². The zero-order valence-electron chi connectivity index (χ0n) is 12.3. The van der Waals surface area contributed by atoms with Gasteiger partial charge in [-0.1, -0.05) is 37.6 Å². The molecule has 4 unspecified atom stereocenters. The van der Waals surface area contributed by atoms with Crippen LogP contribution < -0.4 is 5.32 Å². The maximum Gasteiger partial charge on any atom is 0.0507 e. The lowest BCUT2D eigenvalue weighted by atomic mass is 9.87. The fraction of sp³-hybridized carbons (Fsp3) is 0.625. The van der Waals surface area contributed by atoms with Gasteiger partial charge in [0.05, 0.1) is 5.25 Å². The summed E-state index contributed by atoms with van der Waals surface area (Å²) in [5.74, 6) is 1.32. The molecule has 0 aromatic heterocycles. The van der Waals surface area contributed by atoms with Crippen LogP contribution in [-0.2, 0) is 16.6 Å². The van der Waals surface area contributed by atoms with Crippen LogP contribution in [0.2, 0.25) is 5.02 Å². The standard InChI is InChI=1S/C16H24ClNOS/c1-3-18-15-9-4-12(2)10-16(15)20(19)11-13-5-7-14(17)8-6-13/h5-8,12,15-16,18H,3-4,9-11H2,1-2H3. The molecule has 0 bridgehead atoms. The Kier molecular flexibility index (Phi) is 6.06. The van der Waals surface area contributed by atoms with Gasteiger partial charge in [-0.3, -0.25) is 4.21 Å². The lowest BCUT2D eigenvalue weighted by molar-refractivity contribution is 0.316. The van der Waals surface area contributed by atoms with Crippen molar-refractivity contribution >= 4 is 22.4 Å². The zero-order chi connectivity index (χ0) is 14.5. The molecule has 1 aliphatic rings. The first-order chi connectivity index (χ1) is 9.60. The molecule has 0 amide bonds. The van der Waals surface area contributed by atoms with Crippen LogP contribution in [0.4, 0.5) is 0 Å². The Balaban J connectivity index is 2.02. The van der Waals surface area contributed by atoms with E-state index in [-0.39, 0.29) is 5.25 Å². The third kappa shape index (κ3) is 4.31. The van der Waals surface area contributed by atoms with Crippen molar-refractivity contribution in [1.29, 1.82) is 0 Å². The summed E-state index contributed by atoms with van der Waals surface area (Å²) in [4.78, 5) is 0. The van der Waals surface area contributed by atoms with Gasteiger partial charge >= 0.3 is 0 Å². The quantitative estimate of drug-likeness (QED) is 0.897. The van der Waals surface area contributed by atoms with E-state index in [0.717, 1.165) is 30.0 Å². The molecule has 0 saturated heterocycles. The Bertz CT molecular complexity index is 448. The second-order valence-electron chi connectivity index (χ2n) is 5.77. The van der Waals surface area contributed by atoms with E-state index in [0.29, 0.717) is 17.7 Å². The van der Waals surface area contributed by atoms with Crippen LogP contribution in [0.5, 0.6) is 0 Å². The van der Waals surface area contributed by atoms with Crippen LogP contribution in [0.3, 0.4) is 0 Å². The molecule has 0 spiro atoms. The normalized spacial score (nSPS) is 28.2. The third-order valence-corrected chi connectivity index (χ3v) is 6.15. The summed E-state index contributed by atoms with van der Waals surface area (Å²) in [7, 11) is -0.822. The lowest BCUT2D eigenvalue weighted by Gasteiger charge is -2.34. The Labute approximate surface area is 129 Å². The topological polar surface area (TPSA) is 29.1 Å². The highest BCUT2D eigenvalue weighted by molar-refractivity contribution is 7.84. The Morgan fingerprint density at radius 2 is 2.00 bits per heavy atom. The van der Waals surface area contributed by atoms with Crippen molar-refractivity contribution in [2.24, 2.45) is 5.92 Å². The predicted octanol–water partition coefficient (Wildman–Crippen LogP) is 3.76. The maximum atomic E-state index is 12.7. The van der Waals surface area contributed by atoms with Crippen LogP contribution in [-0.4, -0.2) is 22.0 Å². The molecule has 2 rings (SSSR count). The van der Waals surface area contributed by atoms with E-state index in [4.69, 9.17) is 11.6 Å². The molecule has 1 fully saturated rings. The van der Waals surface area contributed by atoms with Gasteiger partial charge in [0, 0.05) is 27.6 Å². The molecule has 0 aliphatic heterocycles. The molecule has 2 nitrogen and oxygen atoms in total. The van der Waals surface area contributed by atoms with Crippen LogP contribution in [0, 0.1) is 5.92 Å². The fourth-order valence-electron chi connectivity index (χ4n) is 2.97. The van der Waals surface area contributed by atoms with Crippen molar-refractivity contribution in [2.75, 3.05) is 6.54 Å². The minimum Gasteiger partial charge on any atom is -0.313 e. The van der Waals surface area contributed by atoms with E-state index in [9.17, 15) is 4.21 Å². The third-order valence-electron chi connectivity index (χ3n) is 4.08. The summed E-state index contributed by atoms with van der Waals surface area (Å²) in [6, 6.07) is 8.12. The number of halogens is 1. The average Bonchev–Trinajstić information content (AvgIpc) is 2.43. The summed E-state index contributed by atoms with van der Waals surface area (Å²) in [5, 5.41) is 4.52. The summed E-state index contributed by atoms with van der Waals surface area (Å²) in [6.45, 7) is 5.35. The first-order valence-corrected chi connectivity index (χ1v) is 9.21. The first kappa shape index (κ1) is 16.0. The van der Waals surface area contributed by atoms with Crippen molar-refractivity contribution in [2.45, 2.75) is 50.2 Å². The van der Waals surface area contributed by atoms with E-state index in [2.05, 4.69) is 19.2 Å². The summed E-state index contributed by atoms with van der Waals surface area (Å²) in [6.07, 6.45) is 3.45. The molecule has 1 saturated carbocycles. The van der Waals surface area contributed by atoms with Gasteiger partial charge in [-0.2, -0.15) is 0 Å². The van der Waals surface area contributed by atoms with Gasteiger partial charge in [0.2, 0.25) is 0 Å². The molecule has 1 aromatic carbocycles. The molecular formula is C16H24ClNOS. The summed E-state index contributed by atoms with van der Waals surface area (Å²) in [5.41, 5.74) is 1.11. The molecule has 0 radical (unpaired) electrons. The van der Waals surface area contributed by atoms with Gasteiger partial charge < -0.3 is 5.32 Å². The Morgan fingerprint density at radius 1 is 1.30 bits per heavy atom. The number of rotatable bonds is 5. The summed E-state index contributed by atoms with van der Waals surface area (Å²) < 4.78 is 12.7. The molecule has 4 heteroatoms. The number of hydrogen-bond acceptors (Lipinski definition) is 2. The summed E-state index contributed by atoms with van der Waals surface area (Å²) >= 11 is 5.89. The van der Waals surface area contributed by atoms with Gasteiger partial charge in [0.15, 0.2) is 0 Å². The zero-order valence-corrected chi connectivity index (χ0v) is 13.8. The van der Waals surface area contributed by atoms with E-state index < -0.39 is 10.8 Å². The highest BCUT2D eigenvalue weighted by Gasteiger charge is 2.32. The van der Waals surface area contributed by atoms with Gasteiger partial charge in [-0.15, -0.1) is 0 Å². The highest BCUT2D eigenvalue weighted by atomic mass is 35.5. The SMILES string of the molecule is CCNC1CCC(C)CC1S(=O)Cc1ccc(Cl)cc1. The highest BCUT2D eigenvalue weighted by Crippen LogP contribution is 2.29. The van der Waals surface area contributed by atoms with E-state index in [1.807, 2.05) is 24.3 Å². The second-order valence-corrected chi connectivity index (χ2v) is 7.86. The molecule has 20 heavy (non-hydrogen) atoms. The van der Waals surface area contributed by atoms with Gasteiger partial charge in [-0.05, 0) is 49.4 Å². The smallest absolute Gasteiger partial charge is 0.0507 e. The molecule has 1 aromatic rings. The Morgan fingerprint density at radius 3 is 2.65 bits per heavy atom. The average molecular weight is 314 g/mol. The Hall–Kier alpha value is -0.380. The second kappa shape index (κ2) is 7.58. The molecule has 1 aliphatic carbocycles. The lowest BCUT2D eigenvalue weighted by Crippen LogP contribution is -2.46. The van der Waals surface area contributed by atoms with E-state index >= 15 is 0 Å². The van der Waals surface area contributed by atoms with E-state index in [1.54, 1.807) is 0 Å². The largest absolute Gasteiger partial charge is 0.313 e. The number of benzene rings is 1. The van der Waals surface area contributed by atoms with Crippen LogP contribution in [0.1, 0.15) is 38.7 Å². The van der Waals surface area contributed by atoms with Gasteiger partial charge in [0.25, 0.3) is 0 Å². The van der Waals surface area contributed by atoms with Crippen molar-refractivity contribution in [1.82, 2.24) is 5.32 Å². The van der Waals surface area contributed by atoms with Crippen LogP contribution in [0.25, 0.3) is 0 Å². The monoisotopic (exact) mass is 313 g/mol. The molecule has 0 heterocycles. The first-order valence-electron chi connectivity index (χ1n) is 7.45. The van der Waals surface area contributed by atoms with Crippen molar-refractivity contribution < 1.29 is 4.21 Å².